The highest BCUT2D eigenvalue weighted by Crippen LogP contribution is 2.30. The van der Waals surface area contributed by atoms with Crippen LogP contribution in [-0.4, -0.2) is 55.2 Å². The summed E-state index contributed by atoms with van der Waals surface area (Å²) in [5, 5.41) is 0.923. The molecule has 0 saturated carbocycles. The molecular formula is C19H23N3O3S. The lowest BCUT2D eigenvalue weighted by Gasteiger charge is -2.29. The number of aromatic nitrogens is 1. The number of aryl methyl sites for hydroxylation is 2. The van der Waals surface area contributed by atoms with Crippen molar-refractivity contribution in [2.45, 2.75) is 20.4 Å². The number of carbonyl (C=O) groups excluding carboxylic acids is 1. The summed E-state index contributed by atoms with van der Waals surface area (Å²) >= 11 is 1.46. The molecule has 4 rings (SSSR count). The van der Waals surface area contributed by atoms with Gasteiger partial charge in [0.15, 0.2) is 0 Å². The molecule has 1 saturated heterocycles. The number of fused-ring (bicyclic) bond motifs is 1. The number of hydrogen-bond acceptors (Lipinski definition) is 6. The van der Waals surface area contributed by atoms with Gasteiger partial charge in [0, 0.05) is 30.9 Å². The molecule has 1 aromatic heterocycles. The van der Waals surface area contributed by atoms with Gasteiger partial charge in [-0.25, -0.2) is 4.98 Å². The number of hydrogen-bond donors (Lipinski definition) is 0. The summed E-state index contributed by atoms with van der Waals surface area (Å²) in [6.45, 7) is 8.76. The normalized spacial score (nSPS) is 17.5. The highest BCUT2D eigenvalue weighted by atomic mass is 32.1. The van der Waals surface area contributed by atoms with E-state index in [4.69, 9.17) is 9.47 Å². The molecule has 1 amide bonds. The van der Waals surface area contributed by atoms with Gasteiger partial charge in [0.1, 0.15) is 17.2 Å². The van der Waals surface area contributed by atoms with E-state index in [0.29, 0.717) is 19.7 Å². The predicted octanol–water partition coefficient (Wildman–Crippen LogP) is 2.63. The van der Waals surface area contributed by atoms with E-state index in [1.807, 2.05) is 24.8 Å². The van der Waals surface area contributed by atoms with Crippen LogP contribution in [0.25, 0.3) is 0 Å². The first-order chi connectivity index (χ1) is 12.6. The van der Waals surface area contributed by atoms with E-state index in [-0.39, 0.29) is 5.91 Å². The molecule has 0 N–H and O–H groups in total. The molecule has 2 aliphatic heterocycles. The van der Waals surface area contributed by atoms with Gasteiger partial charge in [0.2, 0.25) is 0 Å². The molecule has 138 valence electrons. The molecule has 0 aliphatic carbocycles. The number of thiazole rings is 1. The van der Waals surface area contributed by atoms with Crippen molar-refractivity contribution >= 4 is 22.9 Å². The third kappa shape index (κ3) is 3.41. The van der Waals surface area contributed by atoms with Crippen molar-refractivity contribution in [2.75, 3.05) is 44.4 Å². The number of amides is 1. The van der Waals surface area contributed by atoms with E-state index < -0.39 is 0 Å². The number of anilines is 1. The second kappa shape index (κ2) is 7.25. The summed E-state index contributed by atoms with van der Waals surface area (Å²) in [5.41, 5.74) is 3.03. The molecule has 3 heterocycles. The monoisotopic (exact) mass is 373 g/mol. The molecule has 0 spiro atoms. The highest BCUT2D eigenvalue weighted by molar-refractivity contribution is 7.13. The predicted molar refractivity (Wildman–Crippen MR) is 101 cm³/mol. The zero-order chi connectivity index (χ0) is 18.1. The van der Waals surface area contributed by atoms with Gasteiger partial charge < -0.3 is 19.3 Å². The van der Waals surface area contributed by atoms with E-state index in [0.717, 1.165) is 58.9 Å². The maximum atomic E-state index is 13.0. The smallest absolute Gasteiger partial charge is 0.266 e. The molecule has 7 heteroatoms. The Morgan fingerprint density at radius 2 is 1.96 bits per heavy atom. The first-order valence-corrected chi connectivity index (χ1v) is 9.75. The average molecular weight is 373 g/mol. The molecule has 6 nitrogen and oxygen atoms in total. The van der Waals surface area contributed by atoms with Crippen LogP contribution in [0.4, 0.5) is 5.69 Å². The van der Waals surface area contributed by atoms with E-state index in [2.05, 4.69) is 22.0 Å². The fourth-order valence-corrected chi connectivity index (χ4v) is 4.33. The van der Waals surface area contributed by atoms with Gasteiger partial charge in [-0.15, -0.1) is 11.3 Å². The summed E-state index contributed by atoms with van der Waals surface area (Å²) in [7, 11) is 0. The average Bonchev–Trinajstić information content (AvgIpc) is 2.87. The van der Waals surface area contributed by atoms with Crippen LogP contribution in [0.1, 0.15) is 25.9 Å². The Balaban J connectivity index is 1.58. The molecule has 1 aromatic carbocycles. The zero-order valence-electron chi connectivity index (χ0n) is 15.2. The molecule has 0 atom stereocenters. The second-order valence-corrected chi connectivity index (χ2v) is 7.82. The van der Waals surface area contributed by atoms with Crippen molar-refractivity contribution in [3.8, 4) is 5.75 Å². The van der Waals surface area contributed by atoms with Gasteiger partial charge in [-0.05, 0) is 32.0 Å². The second-order valence-electron chi connectivity index (χ2n) is 6.61. The number of carbonyl (C=O) groups is 1. The SMILES string of the molecule is Cc1nc(C)c(C(=O)N2CCOc3ccc(N4CCOCC4)cc3C2)s1. The van der Waals surface area contributed by atoms with Crippen molar-refractivity contribution in [2.24, 2.45) is 0 Å². The summed E-state index contributed by atoms with van der Waals surface area (Å²) in [4.78, 5) is 22.3. The van der Waals surface area contributed by atoms with E-state index in [9.17, 15) is 4.79 Å². The molecule has 26 heavy (non-hydrogen) atoms. The van der Waals surface area contributed by atoms with Crippen LogP contribution >= 0.6 is 11.3 Å². The molecule has 2 aromatic rings. The van der Waals surface area contributed by atoms with Crippen LogP contribution in [0.15, 0.2) is 18.2 Å². The Kier molecular flexibility index (Phi) is 4.82. The number of ether oxygens (including phenoxy) is 2. The number of rotatable bonds is 2. The number of nitrogens with zero attached hydrogens (tertiary/aromatic N) is 3. The maximum absolute atomic E-state index is 13.0. The fraction of sp³-hybridized carbons (Fsp3) is 0.474. The lowest BCUT2D eigenvalue weighted by molar-refractivity contribution is 0.0737. The van der Waals surface area contributed by atoms with Crippen molar-refractivity contribution < 1.29 is 14.3 Å². The van der Waals surface area contributed by atoms with Gasteiger partial charge in [-0.2, -0.15) is 0 Å². The van der Waals surface area contributed by atoms with E-state index in [1.54, 1.807) is 0 Å². The molecule has 0 bridgehead atoms. The van der Waals surface area contributed by atoms with Crippen molar-refractivity contribution in [3.05, 3.63) is 39.3 Å². The maximum Gasteiger partial charge on any atom is 0.266 e. The summed E-state index contributed by atoms with van der Waals surface area (Å²) < 4.78 is 11.3. The number of morpholine rings is 1. The van der Waals surface area contributed by atoms with E-state index >= 15 is 0 Å². The van der Waals surface area contributed by atoms with Crippen molar-refractivity contribution in [1.82, 2.24) is 9.88 Å². The molecule has 2 aliphatic rings. The lowest BCUT2D eigenvalue weighted by atomic mass is 10.1. The van der Waals surface area contributed by atoms with Crippen LogP contribution in [0.2, 0.25) is 0 Å². The minimum Gasteiger partial charge on any atom is -0.491 e. The molecule has 0 unspecified atom stereocenters. The summed E-state index contributed by atoms with van der Waals surface area (Å²) in [6.07, 6.45) is 0. The minimum atomic E-state index is 0.0429. The van der Waals surface area contributed by atoms with Crippen LogP contribution in [-0.2, 0) is 11.3 Å². The lowest BCUT2D eigenvalue weighted by Crippen LogP contribution is -2.36. The Labute approximate surface area is 157 Å². The van der Waals surface area contributed by atoms with Gasteiger partial charge in [-0.1, -0.05) is 0 Å². The highest BCUT2D eigenvalue weighted by Gasteiger charge is 2.25. The third-order valence-electron chi connectivity index (χ3n) is 4.79. The van der Waals surface area contributed by atoms with Gasteiger partial charge in [0.25, 0.3) is 5.91 Å². The topological polar surface area (TPSA) is 54.9 Å². The first-order valence-electron chi connectivity index (χ1n) is 8.93. The quantitative estimate of drug-likeness (QED) is 0.810. The Hall–Kier alpha value is -2.12. The van der Waals surface area contributed by atoms with Gasteiger partial charge in [0.05, 0.1) is 30.5 Å². The van der Waals surface area contributed by atoms with Crippen LogP contribution in [0, 0.1) is 13.8 Å². The van der Waals surface area contributed by atoms with Crippen LogP contribution in [0.5, 0.6) is 5.75 Å². The fourth-order valence-electron chi connectivity index (χ4n) is 3.45. The molecule has 0 radical (unpaired) electrons. The molecular weight excluding hydrogens is 350 g/mol. The zero-order valence-corrected chi connectivity index (χ0v) is 16.0. The largest absolute Gasteiger partial charge is 0.491 e. The standard InChI is InChI=1S/C19H23N3O3S/c1-13-18(26-14(2)20-13)19(23)22-7-10-25-17-4-3-16(11-15(17)12-22)21-5-8-24-9-6-21/h3-4,11H,5-10,12H2,1-2H3. The van der Waals surface area contributed by atoms with Crippen molar-refractivity contribution in [3.63, 3.8) is 0 Å². The van der Waals surface area contributed by atoms with E-state index in [1.165, 1.54) is 11.3 Å². The van der Waals surface area contributed by atoms with Crippen molar-refractivity contribution in [1.29, 1.82) is 0 Å². The van der Waals surface area contributed by atoms with Crippen LogP contribution in [0.3, 0.4) is 0 Å². The number of benzene rings is 1. The Morgan fingerprint density at radius 1 is 1.15 bits per heavy atom. The van der Waals surface area contributed by atoms with Gasteiger partial charge in [-0.3, -0.25) is 4.79 Å². The third-order valence-corrected chi connectivity index (χ3v) is 5.85. The molecule has 1 fully saturated rings. The van der Waals surface area contributed by atoms with Crippen LogP contribution < -0.4 is 9.64 Å². The Morgan fingerprint density at radius 3 is 2.69 bits per heavy atom. The summed E-state index contributed by atoms with van der Waals surface area (Å²) in [6, 6.07) is 6.27. The Bertz CT molecular complexity index is 814. The first kappa shape index (κ1) is 17.3. The summed E-state index contributed by atoms with van der Waals surface area (Å²) in [5.74, 6) is 0.913. The van der Waals surface area contributed by atoms with Gasteiger partial charge >= 0.3 is 0 Å². The minimum absolute atomic E-state index is 0.0429.